The number of amides is 1. The Kier molecular flexibility index (Phi) is 4.35. The van der Waals surface area contributed by atoms with Gasteiger partial charge in [0.25, 0.3) is 5.69 Å². The first-order chi connectivity index (χ1) is 11.5. The highest BCUT2D eigenvalue weighted by atomic mass is 32.1. The van der Waals surface area contributed by atoms with Gasteiger partial charge >= 0.3 is 0 Å². The van der Waals surface area contributed by atoms with Gasteiger partial charge in [-0.25, -0.2) is 4.98 Å². The lowest BCUT2D eigenvalue weighted by Crippen LogP contribution is -2.17. The highest BCUT2D eigenvalue weighted by Gasteiger charge is 2.11. The summed E-state index contributed by atoms with van der Waals surface area (Å²) in [7, 11) is 0. The Balaban J connectivity index is 2.01. The predicted octanol–water partition coefficient (Wildman–Crippen LogP) is 3.84. The van der Waals surface area contributed by atoms with E-state index in [0.717, 1.165) is 15.8 Å². The number of carbonyl (C=O) groups excluding carboxylic acids is 1. The molecule has 0 bridgehead atoms. The second-order valence-corrected chi connectivity index (χ2v) is 6.11. The van der Waals surface area contributed by atoms with Crippen molar-refractivity contribution in [3.63, 3.8) is 0 Å². The first-order valence-corrected chi connectivity index (χ1v) is 7.94. The zero-order valence-electron chi connectivity index (χ0n) is 12.7. The van der Waals surface area contributed by atoms with E-state index < -0.39 is 4.92 Å². The van der Waals surface area contributed by atoms with Crippen molar-refractivity contribution in [2.75, 3.05) is 0 Å². The fourth-order valence-electron chi connectivity index (χ4n) is 2.19. The average molecular weight is 339 g/mol. The molecule has 6 nitrogen and oxygen atoms in total. The lowest BCUT2D eigenvalue weighted by atomic mass is 10.2. The van der Waals surface area contributed by atoms with Gasteiger partial charge in [-0.2, -0.15) is 0 Å². The maximum atomic E-state index is 11.5. The number of aromatic nitrogens is 1. The molecule has 0 saturated carbocycles. The number of nitrogens with one attached hydrogen (secondary N) is 1. The summed E-state index contributed by atoms with van der Waals surface area (Å²) in [6, 6.07) is 13.8. The van der Waals surface area contributed by atoms with E-state index in [1.165, 1.54) is 30.4 Å². The number of nitro benzene ring substituents is 1. The van der Waals surface area contributed by atoms with E-state index in [-0.39, 0.29) is 11.6 Å². The summed E-state index contributed by atoms with van der Waals surface area (Å²) in [6.07, 6.45) is 1.75. The van der Waals surface area contributed by atoms with E-state index in [1.54, 1.807) is 18.2 Å². The second-order valence-electron chi connectivity index (χ2n) is 5.07. The second kappa shape index (κ2) is 6.59. The third kappa shape index (κ3) is 3.47. The minimum absolute atomic E-state index is 0.0215. The van der Waals surface area contributed by atoms with E-state index in [9.17, 15) is 14.9 Å². The van der Waals surface area contributed by atoms with Gasteiger partial charge in [-0.15, -0.1) is 11.3 Å². The monoisotopic (exact) mass is 339 g/mol. The van der Waals surface area contributed by atoms with Gasteiger partial charge in [-0.3, -0.25) is 14.9 Å². The molecule has 0 spiro atoms. The number of fused-ring (bicyclic) bond motifs is 1. The molecule has 0 saturated heterocycles. The van der Waals surface area contributed by atoms with Crippen molar-refractivity contribution in [2.45, 2.75) is 6.92 Å². The number of thiazole rings is 1. The van der Waals surface area contributed by atoms with Crippen LogP contribution in [-0.2, 0) is 4.79 Å². The number of carbonyl (C=O) groups is 1. The first-order valence-electron chi connectivity index (χ1n) is 7.12. The van der Waals surface area contributed by atoms with Crippen LogP contribution in [0.4, 0.5) is 5.69 Å². The molecule has 3 aromatic rings. The van der Waals surface area contributed by atoms with Gasteiger partial charge in [0.2, 0.25) is 5.91 Å². The van der Waals surface area contributed by atoms with E-state index in [2.05, 4.69) is 10.3 Å². The van der Waals surface area contributed by atoms with Crippen LogP contribution in [0.15, 0.2) is 48.5 Å². The van der Waals surface area contributed by atoms with Gasteiger partial charge in [-0.1, -0.05) is 12.1 Å². The third-order valence-electron chi connectivity index (χ3n) is 3.25. The molecule has 24 heavy (non-hydrogen) atoms. The van der Waals surface area contributed by atoms with Crippen LogP contribution in [-0.4, -0.2) is 15.8 Å². The fourth-order valence-corrected chi connectivity index (χ4v) is 3.12. The highest BCUT2D eigenvalue weighted by molar-refractivity contribution is 7.19. The topological polar surface area (TPSA) is 85.1 Å². The van der Waals surface area contributed by atoms with Crippen LogP contribution in [0, 0.1) is 10.1 Å². The van der Waals surface area contributed by atoms with Gasteiger partial charge in [-0.05, 0) is 35.9 Å². The quantitative estimate of drug-likeness (QED) is 0.578. The maximum Gasteiger partial charge on any atom is 0.269 e. The summed E-state index contributed by atoms with van der Waals surface area (Å²) in [6.45, 7) is 1.43. The minimum Gasteiger partial charge on any atom is -0.324 e. The Morgan fingerprint density at radius 3 is 2.54 bits per heavy atom. The molecule has 1 heterocycles. The van der Waals surface area contributed by atoms with E-state index in [0.29, 0.717) is 10.7 Å². The number of nitro groups is 1. The number of para-hydroxylation sites is 1. The zero-order chi connectivity index (χ0) is 17.1. The predicted molar refractivity (Wildman–Crippen MR) is 94.4 cm³/mol. The minimum atomic E-state index is -0.449. The number of non-ortho nitro benzene ring substituents is 1. The van der Waals surface area contributed by atoms with Gasteiger partial charge in [0, 0.05) is 19.1 Å². The number of hydrogen-bond donors (Lipinski definition) is 1. The average Bonchev–Trinajstić information content (AvgIpc) is 2.98. The highest BCUT2D eigenvalue weighted by Crippen LogP contribution is 2.27. The lowest BCUT2D eigenvalue weighted by Gasteiger charge is -2.05. The summed E-state index contributed by atoms with van der Waals surface area (Å²) in [5, 5.41) is 14.2. The summed E-state index contributed by atoms with van der Waals surface area (Å²) in [5.74, 6) is -0.206. The zero-order valence-corrected chi connectivity index (χ0v) is 13.5. The Morgan fingerprint density at radius 1 is 1.21 bits per heavy atom. The number of benzene rings is 2. The largest absolute Gasteiger partial charge is 0.324 e. The van der Waals surface area contributed by atoms with E-state index in [1.807, 2.05) is 24.3 Å². The van der Waals surface area contributed by atoms with Crippen molar-refractivity contribution in [2.24, 2.45) is 0 Å². The standard InChI is InChI=1S/C17H13N3O3S/c1-11(21)18-15(10-12-6-8-13(9-7-12)20(22)23)17-19-14-4-2-3-5-16(14)24-17/h2-10H,1H3,(H,18,21). The molecular weight excluding hydrogens is 326 g/mol. The van der Waals surface area contributed by atoms with Crippen molar-refractivity contribution in [1.82, 2.24) is 10.3 Å². The molecule has 0 radical (unpaired) electrons. The lowest BCUT2D eigenvalue weighted by molar-refractivity contribution is -0.384. The Morgan fingerprint density at radius 2 is 1.92 bits per heavy atom. The van der Waals surface area contributed by atoms with Crippen LogP contribution in [0.2, 0.25) is 0 Å². The summed E-state index contributed by atoms with van der Waals surface area (Å²) in [4.78, 5) is 26.3. The number of hydrogen-bond acceptors (Lipinski definition) is 5. The van der Waals surface area contributed by atoms with Crippen LogP contribution < -0.4 is 5.32 Å². The molecular formula is C17H13N3O3S. The van der Waals surface area contributed by atoms with Crippen LogP contribution in [0.1, 0.15) is 17.5 Å². The van der Waals surface area contributed by atoms with Crippen LogP contribution in [0.5, 0.6) is 0 Å². The molecule has 7 heteroatoms. The van der Waals surface area contributed by atoms with Crippen LogP contribution in [0.3, 0.4) is 0 Å². The molecule has 3 rings (SSSR count). The molecule has 0 unspecified atom stereocenters. The summed E-state index contributed by atoms with van der Waals surface area (Å²) < 4.78 is 1.02. The normalized spacial score (nSPS) is 11.5. The Bertz CT molecular complexity index is 912. The molecule has 0 aliphatic heterocycles. The number of nitrogens with zero attached hydrogens (tertiary/aromatic N) is 2. The van der Waals surface area contributed by atoms with Gasteiger partial charge in [0.05, 0.1) is 20.8 Å². The van der Waals surface area contributed by atoms with E-state index >= 15 is 0 Å². The number of rotatable bonds is 4. The van der Waals surface area contributed by atoms with Gasteiger partial charge < -0.3 is 5.32 Å². The molecule has 0 fully saturated rings. The van der Waals surface area contributed by atoms with Crippen molar-refractivity contribution in [1.29, 1.82) is 0 Å². The molecule has 1 N–H and O–H groups in total. The van der Waals surface area contributed by atoms with Crippen molar-refractivity contribution < 1.29 is 9.72 Å². The smallest absolute Gasteiger partial charge is 0.269 e. The first kappa shape index (κ1) is 15.8. The summed E-state index contributed by atoms with van der Waals surface area (Å²) in [5.41, 5.74) is 2.19. The SMILES string of the molecule is CC(=O)NC(=Cc1ccc([N+](=O)[O-])cc1)c1nc2ccccc2s1. The molecule has 0 aliphatic carbocycles. The Labute approximate surface area is 141 Å². The van der Waals surface area contributed by atoms with Crippen molar-refractivity contribution >= 4 is 44.9 Å². The van der Waals surface area contributed by atoms with Gasteiger partial charge in [0.1, 0.15) is 5.01 Å². The van der Waals surface area contributed by atoms with Crippen LogP contribution in [0.25, 0.3) is 22.0 Å². The molecule has 0 atom stereocenters. The molecule has 120 valence electrons. The molecule has 0 aliphatic rings. The van der Waals surface area contributed by atoms with Crippen molar-refractivity contribution in [3.8, 4) is 0 Å². The van der Waals surface area contributed by atoms with E-state index in [4.69, 9.17) is 0 Å². The third-order valence-corrected chi connectivity index (χ3v) is 4.32. The fraction of sp³-hybridized carbons (Fsp3) is 0.0588. The van der Waals surface area contributed by atoms with Gasteiger partial charge in [0.15, 0.2) is 0 Å². The molecule has 1 amide bonds. The Hall–Kier alpha value is -3.06. The van der Waals surface area contributed by atoms with Crippen molar-refractivity contribution in [3.05, 3.63) is 69.2 Å². The maximum absolute atomic E-state index is 11.5. The molecule has 1 aromatic heterocycles. The molecule has 2 aromatic carbocycles. The van der Waals surface area contributed by atoms with Crippen LogP contribution >= 0.6 is 11.3 Å². The summed E-state index contributed by atoms with van der Waals surface area (Å²) >= 11 is 1.47.